The van der Waals surface area contributed by atoms with Crippen molar-refractivity contribution in [1.82, 2.24) is 0 Å². The van der Waals surface area contributed by atoms with Crippen LogP contribution in [0.1, 0.15) is 0 Å². The molecule has 0 aromatic carbocycles. The van der Waals surface area contributed by atoms with Gasteiger partial charge in [0, 0.05) is 7.11 Å². The second kappa shape index (κ2) is 2.71. The lowest BCUT2D eigenvalue weighted by Crippen LogP contribution is -2.42. The van der Waals surface area contributed by atoms with E-state index in [0.717, 1.165) is 0 Å². The van der Waals surface area contributed by atoms with Gasteiger partial charge in [-0.2, -0.15) is 0 Å². The molecule has 0 amide bonds. The summed E-state index contributed by atoms with van der Waals surface area (Å²) in [4.78, 5) is 0. The molecule has 11 heavy (non-hydrogen) atoms. The highest BCUT2D eigenvalue weighted by Crippen LogP contribution is 2.32. The maximum absolute atomic E-state index is 9.48. The van der Waals surface area contributed by atoms with Gasteiger partial charge >= 0.3 is 0 Å². The van der Waals surface area contributed by atoms with E-state index < -0.39 is 6.10 Å². The number of fused-ring (bicyclic) bond motifs is 1. The molecule has 2 aliphatic heterocycles. The van der Waals surface area contributed by atoms with E-state index in [1.807, 2.05) is 0 Å². The van der Waals surface area contributed by atoms with Crippen LogP contribution in [0.3, 0.4) is 0 Å². The molecule has 2 heterocycles. The molecular weight excluding hydrogens is 148 g/mol. The van der Waals surface area contributed by atoms with Crippen molar-refractivity contribution in [2.75, 3.05) is 20.3 Å². The maximum Gasteiger partial charge on any atom is 0.115 e. The predicted molar refractivity (Wildman–Crippen MR) is 36.3 cm³/mol. The van der Waals surface area contributed by atoms with Gasteiger partial charge in [-0.05, 0) is 0 Å². The molecule has 0 bridgehead atoms. The Hall–Kier alpha value is -0.160. The third-order valence-corrected chi connectivity index (χ3v) is 2.14. The highest BCUT2D eigenvalue weighted by Gasteiger charge is 2.51. The Balaban J connectivity index is 1.89. The van der Waals surface area contributed by atoms with Gasteiger partial charge in [-0.15, -0.1) is 0 Å². The summed E-state index contributed by atoms with van der Waals surface area (Å²) in [6.07, 6.45) is -0.570. The summed E-state index contributed by atoms with van der Waals surface area (Å²) in [7, 11) is 1.59. The largest absolute Gasteiger partial charge is 0.387 e. The van der Waals surface area contributed by atoms with Gasteiger partial charge < -0.3 is 19.3 Å². The molecule has 4 atom stereocenters. The number of hydrogen-bond acceptors (Lipinski definition) is 4. The third-order valence-electron chi connectivity index (χ3n) is 2.14. The van der Waals surface area contributed by atoms with Crippen LogP contribution in [0.4, 0.5) is 0 Å². The average molecular weight is 160 g/mol. The number of rotatable bonds is 2. The Morgan fingerprint density at radius 2 is 2.45 bits per heavy atom. The van der Waals surface area contributed by atoms with Crippen molar-refractivity contribution in [1.29, 1.82) is 0 Å². The van der Waals surface area contributed by atoms with Crippen molar-refractivity contribution in [2.24, 2.45) is 0 Å². The lowest BCUT2D eigenvalue weighted by molar-refractivity contribution is -0.0879. The highest BCUT2D eigenvalue weighted by molar-refractivity contribution is 4.98. The minimum absolute atomic E-state index is 0.00361. The van der Waals surface area contributed by atoms with Crippen molar-refractivity contribution >= 4 is 0 Å². The zero-order valence-electron chi connectivity index (χ0n) is 6.40. The van der Waals surface area contributed by atoms with E-state index in [0.29, 0.717) is 13.2 Å². The zero-order valence-corrected chi connectivity index (χ0v) is 6.40. The first kappa shape index (κ1) is 7.49. The van der Waals surface area contributed by atoms with Crippen LogP contribution in [0.25, 0.3) is 0 Å². The van der Waals surface area contributed by atoms with Crippen LogP contribution >= 0.6 is 0 Å². The molecule has 2 fully saturated rings. The Morgan fingerprint density at radius 3 is 3.18 bits per heavy atom. The van der Waals surface area contributed by atoms with Crippen LogP contribution in [0.15, 0.2) is 0 Å². The first-order valence-corrected chi connectivity index (χ1v) is 3.77. The number of aliphatic hydroxyl groups is 1. The molecule has 0 aromatic heterocycles. The summed E-state index contributed by atoms with van der Waals surface area (Å²) in [5, 5.41) is 9.48. The molecule has 0 radical (unpaired) electrons. The van der Waals surface area contributed by atoms with Crippen molar-refractivity contribution < 1.29 is 19.3 Å². The first-order valence-electron chi connectivity index (χ1n) is 3.77. The van der Waals surface area contributed by atoms with Crippen molar-refractivity contribution in [3.05, 3.63) is 0 Å². The second-order valence-electron chi connectivity index (χ2n) is 2.96. The van der Waals surface area contributed by atoms with Crippen molar-refractivity contribution in [2.45, 2.75) is 24.4 Å². The molecule has 4 nitrogen and oxygen atoms in total. The summed E-state index contributed by atoms with van der Waals surface area (Å²) in [6, 6.07) is 0. The van der Waals surface area contributed by atoms with Crippen LogP contribution < -0.4 is 0 Å². The Kier molecular flexibility index (Phi) is 1.85. The number of ether oxygens (including phenoxy) is 3. The fourth-order valence-electron chi connectivity index (χ4n) is 1.43. The lowest BCUT2D eigenvalue weighted by atomic mass is 10.1. The molecule has 0 saturated carbocycles. The summed E-state index contributed by atoms with van der Waals surface area (Å²) in [5.41, 5.74) is 0. The monoisotopic (exact) mass is 160 g/mol. The fourth-order valence-corrected chi connectivity index (χ4v) is 1.43. The molecule has 4 heteroatoms. The van der Waals surface area contributed by atoms with E-state index >= 15 is 0 Å². The van der Waals surface area contributed by atoms with Crippen LogP contribution in [0, 0.1) is 0 Å². The molecule has 1 N–H and O–H groups in total. The normalized spacial score (nSPS) is 48.5. The predicted octanol–water partition coefficient (Wildman–Crippen LogP) is -0.840. The minimum Gasteiger partial charge on any atom is -0.387 e. The van der Waals surface area contributed by atoms with E-state index in [-0.39, 0.29) is 18.3 Å². The van der Waals surface area contributed by atoms with Crippen LogP contribution in [0.5, 0.6) is 0 Å². The minimum atomic E-state index is -0.506. The number of epoxide rings is 1. The van der Waals surface area contributed by atoms with Crippen molar-refractivity contribution in [3.63, 3.8) is 0 Å². The summed E-state index contributed by atoms with van der Waals surface area (Å²) in [5.74, 6) is 0. The van der Waals surface area contributed by atoms with Crippen LogP contribution in [0.2, 0.25) is 0 Å². The number of aliphatic hydroxyl groups excluding tert-OH is 1. The van der Waals surface area contributed by atoms with Gasteiger partial charge in [-0.1, -0.05) is 0 Å². The van der Waals surface area contributed by atoms with Gasteiger partial charge in [0.05, 0.1) is 13.2 Å². The Labute approximate surface area is 65.1 Å². The Morgan fingerprint density at radius 1 is 1.64 bits per heavy atom. The number of hydrogen-bond donors (Lipinski definition) is 1. The van der Waals surface area contributed by atoms with E-state index in [2.05, 4.69) is 0 Å². The van der Waals surface area contributed by atoms with Gasteiger partial charge in [0.25, 0.3) is 0 Å². The molecule has 64 valence electrons. The zero-order chi connectivity index (χ0) is 7.84. The molecule has 0 aromatic rings. The fraction of sp³-hybridized carbons (Fsp3) is 1.00. The topological polar surface area (TPSA) is 51.2 Å². The van der Waals surface area contributed by atoms with E-state index in [1.165, 1.54) is 0 Å². The van der Waals surface area contributed by atoms with Crippen molar-refractivity contribution in [3.8, 4) is 0 Å². The standard InChI is InChI=1S/C7H12O4/c1-9-2-4-6(8)7-5(11-7)3-10-4/h4-8H,2-3H2,1H3. The molecule has 2 saturated heterocycles. The molecule has 2 rings (SSSR count). The average Bonchev–Trinajstić information content (AvgIpc) is 2.75. The quantitative estimate of drug-likeness (QED) is 0.535. The van der Waals surface area contributed by atoms with E-state index in [9.17, 15) is 5.11 Å². The lowest BCUT2D eigenvalue weighted by Gasteiger charge is -2.24. The molecule has 2 aliphatic rings. The first-order chi connectivity index (χ1) is 5.33. The summed E-state index contributed by atoms with van der Waals surface area (Å²) >= 11 is 0. The third kappa shape index (κ3) is 1.27. The second-order valence-corrected chi connectivity index (χ2v) is 2.96. The summed E-state index contributed by atoms with van der Waals surface area (Å²) in [6.45, 7) is 1.03. The van der Waals surface area contributed by atoms with Gasteiger partial charge in [-0.3, -0.25) is 0 Å². The maximum atomic E-state index is 9.48. The van der Waals surface area contributed by atoms with E-state index in [4.69, 9.17) is 14.2 Å². The smallest absolute Gasteiger partial charge is 0.115 e. The van der Waals surface area contributed by atoms with Gasteiger partial charge in [0.15, 0.2) is 0 Å². The molecule has 0 aliphatic carbocycles. The molecule has 0 spiro atoms. The Bertz CT molecular complexity index is 149. The van der Waals surface area contributed by atoms with Crippen LogP contribution in [-0.2, 0) is 14.2 Å². The highest BCUT2D eigenvalue weighted by atomic mass is 16.6. The molecule has 4 unspecified atom stereocenters. The van der Waals surface area contributed by atoms with E-state index in [1.54, 1.807) is 7.11 Å². The van der Waals surface area contributed by atoms with Crippen LogP contribution in [-0.4, -0.2) is 49.8 Å². The van der Waals surface area contributed by atoms with Gasteiger partial charge in [0.1, 0.15) is 24.4 Å². The molecular formula is C7H12O4. The summed E-state index contributed by atoms with van der Waals surface area (Å²) < 4.78 is 15.3. The number of methoxy groups -OCH3 is 1. The van der Waals surface area contributed by atoms with Gasteiger partial charge in [0.2, 0.25) is 0 Å². The van der Waals surface area contributed by atoms with Gasteiger partial charge in [-0.25, -0.2) is 0 Å². The SMILES string of the molecule is COCC1OCC2OC2C1O.